The molecule has 1 saturated carbocycles. The van der Waals surface area contributed by atoms with Crippen molar-refractivity contribution in [2.24, 2.45) is 5.92 Å². The number of nitrogen functional groups attached to an aromatic ring is 1. The SMILES string of the molecule is COC(=O)c1cc(NC2CCOC2C2CC2)ccc1N. The normalized spacial score (nSPS) is 25.4. The van der Waals surface area contributed by atoms with Crippen LogP contribution in [0.15, 0.2) is 18.2 Å². The number of carbonyl (C=O) groups is 1. The second kappa shape index (κ2) is 5.32. The maximum atomic E-state index is 11.7. The van der Waals surface area contributed by atoms with Crippen molar-refractivity contribution in [1.82, 2.24) is 0 Å². The average Bonchev–Trinajstić information content (AvgIpc) is 3.20. The lowest BCUT2D eigenvalue weighted by molar-refractivity contribution is 0.0602. The van der Waals surface area contributed by atoms with E-state index in [-0.39, 0.29) is 0 Å². The second-order valence-corrected chi connectivity index (χ2v) is 5.51. The summed E-state index contributed by atoms with van der Waals surface area (Å²) in [5.74, 6) is 0.288. The molecule has 1 aromatic carbocycles. The molecule has 3 rings (SSSR count). The van der Waals surface area contributed by atoms with E-state index in [1.807, 2.05) is 6.07 Å². The van der Waals surface area contributed by atoms with E-state index >= 15 is 0 Å². The van der Waals surface area contributed by atoms with Gasteiger partial charge in [0.25, 0.3) is 0 Å². The Balaban J connectivity index is 1.75. The Hall–Kier alpha value is -1.75. The minimum Gasteiger partial charge on any atom is -0.465 e. The molecule has 20 heavy (non-hydrogen) atoms. The summed E-state index contributed by atoms with van der Waals surface area (Å²) in [6.45, 7) is 0.803. The fourth-order valence-corrected chi connectivity index (χ4v) is 2.80. The summed E-state index contributed by atoms with van der Waals surface area (Å²) in [6, 6.07) is 5.70. The highest BCUT2D eigenvalue weighted by molar-refractivity contribution is 5.96. The molecule has 1 aliphatic heterocycles. The maximum Gasteiger partial charge on any atom is 0.340 e. The van der Waals surface area contributed by atoms with Gasteiger partial charge in [-0.3, -0.25) is 0 Å². The molecule has 1 saturated heterocycles. The van der Waals surface area contributed by atoms with Crippen molar-refractivity contribution in [2.75, 3.05) is 24.8 Å². The van der Waals surface area contributed by atoms with E-state index in [0.29, 0.717) is 29.3 Å². The van der Waals surface area contributed by atoms with E-state index in [1.165, 1.54) is 20.0 Å². The number of ether oxygens (including phenoxy) is 2. The minimum absolute atomic E-state index is 0.300. The zero-order valence-electron chi connectivity index (χ0n) is 11.6. The Morgan fingerprint density at radius 1 is 1.40 bits per heavy atom. The van der Waals surface area contributed by atoms with E-state index in [0.717, 1.165) is 18.7 Å². The summed E-state index contributed by atoms with van der Waals surface area (Å²) in [6.07, 6.45) is 3.82. The quantitative estimate of drug-likeness (QED) is 0.650. The second-order valence-electron chi connectivity index (χ2n) is 5.51. The molecule has 2 unspecified atom stereocenters. The van der Waals surface area contributed by atoms with Crippen molar-refractivity contribution in [2.45, 2.75) is 31.4 Å². The summed E-state index contributed by atoms with van der Waals surface area (Å²) >= 11 is 0. The molecule has 5 heteroatoms. The average molecular weight is 276 g/mol. The molecule has 0 amide bonds. The first kappa shape index (κ1) is 13.2. The summed E-state index contributed by atoms with van der Waals surface area (Å²) in [4.78, 5) is 11.7. The maximum absolute atomic E-state index is 11.7. The summed E-state index contributed by atoms with van der Waals surface area (Å²) in [7, 11) is 1.36. The van der Waals surface area contributed by atoms with Crippen LogP contribution in [0.4, 0.5) is 11.4 Å². The number of carbonyl (C=O) groups excluding carboxylic acids is 1. The highest BCUT2D eigenvalue weighted by atomic mass is 16.5. The number of nitrogens with two attached hydrogens (primary N) is 1. The fraction of sp³-hybridized carbons (Fsp3) is 0.533. The van der Waals surface area contributed by atoms with E-state index in [1.54, 1.807) is 12.1 Å². The topological polar surface area (TPSA) is 73.6 Å². The Kier molecular flexibility index (Phi) is 3.53. The van der Waals surface area contributed by atoms with Gasteiger partial charge in [0.1, 0.15) is 0 Å². The van der Waals surface area contributed by atoms with Crippen LogP contribution >= 0.6 is 0 Å². The molecule has 0 spiro atoms. The van der Waals surface area contributed by atoms with Gasteiger partial charge in [0.2, 0.25) is 0 Å². The monoisotopic (exact) mass is 276 g/mol. The van der Waals surface area contributed by atoms with Crippen LogP contribution in [0.5, 0.6) is 0 Å². The standard InChI is InChI=1S/C15H20N2O3/c1-19-15(18)11-8-10(4-5-12(11)16)17-13-6-7-20-14(13)9-2-3-9/h4-5,8-9,13-14,17H,2-3,6-7,16H2,1H3. The van der Waals surface area contributed by atoms with Gasteiger partial charge in [0.15, 0.2) is 0 Å². The number of benzene rings is 1. The zero-order valence-corrected chi connectivity index (χ0v) is 11.6. The Morgan fingerprint density at radius 2 is 2.20 bits per heavy atom. The van der Waals surface area contributed by atoms with Gasteiger partial charge in [-0.1, -0.05) is 0 Å². The fourth-order valence-electron chi connectivity index (χ4n) is 2.80. The third-order valence-electron chi connectivity index (χ3n) is 4.03. The lowest BCUT2D eigenvalue weighted by Gasteiger charge is -2.21. The van der Waals surface area contributed by atoms with Gasteiger partial charge < -0.3 is 20.5 Å². The van der Waals surface area contributed by atoms with E-state index < -0.39 is 5.97 Å². The Labute approximate surface area is 118 Å². The van der Waals surface area contributed by atoms with Crippen LogP contribution in [-0.4, -0.2) is 31.8 Å². The van der Waals surface area contributed by atoms with Gasteiger partial charge in [-0.25, -0.2) is 4.79 Å². The predicted molar refractivity (Wildman–Crippen MR) is 76.7 cm³/mol. The van der Waals surface area contributed by atoms with Crippen molar-refractivity contribution in [3.63, 3.8) is 0 Å². The number of rotatable bonds is 4. The summed E-state index contributed by atoms with van der Waals surface area (Å²) < 4.78 is 10.5. The third-order valence-corrected chi connectivity index (χ3v) is 4.03. The molecular formula is C15H20N2O3. The first-order chi connectivity index (χ1) is 9.69. The number of esters is 1. The van der Waals surface area contributed by atoms with Crippen molar-refractivity contribution in [1.29, 1.82) is 0 Å². The van der Waals surface area contributed by atoms with Crippen molar-refractivity contribution < 1.29 is 14.3 Å². The minimum atomic E-state index is -0.410. The van der Waals surface area contributed by atoms with Crippen LogP contribution in [0, 0.1) is 5.92 Å². The lowest BCUT2D eigenvalue weighted by Crippen LogP contribution is -2.31. The summed E-state index contributed by atoms with van der Waals surface area (Å²) in [5.41, 5.74) is 7.53. The van der Waals surface area contributed by atoms with Crippen LogP contribution in [0.3, 0.4) is 0 Å². The van der Waals surface area contributed by atoms with E-state index in [2.05, 4.69) is 5.32 Å². The highest BCUT2D eigenvalue weighted by Crippen LogP contribution is 2.39. The molecule has 1 heterocycles. The van der Waals surface area contributed by atoms with Crippen molar-refractivity contribution >= 4 is 17.3 Å². The van der Waals surface area contributed by atoms with Crippen LogP contribution in [0.25, 0.3) is 0 Å². The third kappa shape index (κ3) is 2.58. The van der Waals surface area contributed by atoms with Gasteiger partial charge in [0.05, 0.1) is 24.8 Å². The van der Waals surface area contributed by atoms with Gasteiger partial charge in [-0.15, -0.1) is 0 Å². The van der Waals surface area contributed by atoms with Gasteiger partial charge in [-0.2, -0.15) is 0 Å². The van der Waals surface area contributed by atoms with Gasteiger partial charge in [0, 0.05) is 18.0 Å². The lowest BCUT2D eigenvalue weighted by atomic mass is 10.1. The number of hydrogen-bond acceptors (Lipinski definition) is 5. The molecule has 2 atom stereocenters. The number of methoxy groups -OCH3 is 1. The molecule has 0 radical (unpaired) electrons. The van der Waals surface area contributed by atoms with Crippen molar-refractivity contribution in [3.05, 3.63) is 23.8 Å². The molecule has 5 nitrogen and oxygen atoms in total. The molecule has 2 fully saturated rings. The van der Waals surface area contributed by atoms with Crippen LogP contribution in [0.1, 0.15) is 29.6 Å². The molecule has 1 aromatic rings. The van der Waals surface area contributed by atoms with Crippen LogP contribution in [0.2, 0.25) is 0 Å². The molecule has 1 aliphatic carbocycles. The Morgan fingerprint density at radius 3 is 2.90 bits per heavy atom. The number of nitrogens with one attached hydrogen (secondary N) is 1. The first-order valence-electron chi connectivity index (χ1n) is 7.05. The molecule has 108 valence electrons. The van der Waals surface area contributed by atoms with E-state index in [9.17, 15) is 4.79 Å². The van der Waals surface area contributed by atoms with Crippen LogP contribution in [-0.2, 0) is 9.47 Å². The number of anilines is 2. The predicted octanol–water partition coefficient (Wildman–Crippen LogP) is 2.03. The molecule has 0 aromatic heterocycles. The highest BCUT2D eigenvalue weighted by Gasteiger charge is 2.40. The van der Waals surface area contributed by atoms with Gasteiger partial charge >= 0.3 is 5.97 Å². The zero-order chi connectivity index (χ0) is 14.1. The smallest absolute Gasteiger partial charge is 0.340 e. The molecule has 0 bridgehead atoms. The summed E-state index contributed by atoms with van der Waals surface area (Å²) in [5, 5.41) is 3.47. The molecule has 3 N–H and O–H groups in total. The molecular weight excluding hydrogens is 256 g/mol. The van der Waals surface area contributed by atoms with Crippen LogP contribution < -0.4 is 11.1 Å². The first-order valence-corrected chi connectivity index (χ1v) is 7.05. The van der Waals surface area contributed by atoms with Crippen molar-refractivity contribution in [3.8, 4) is 0 Å². The van der Waals surface area contributed by atoms with E-state index in [4.69, 9.17) is 15.2 Å². The van der Waals surface area contributed by atoms with Gasteiger partial charge in [-0.05, 0) is 43.4 Å². The Bertz CT molecular complexity index is 514. The largest absolute Gasteiger partial charge is 0.465 e. The number of hydrogen-bond donors (Lipinski definition) is 2. The molecule has 2 aliphatic rings.